The second-order valence-corrected chi connectivity index (χ2v) is 8.27. The van der Waals surface area contributed by atoms with Crippen molar-refractivity contribution in [3.63, 3.8) is 0 Å². The predicted octanol–water partition coefficient (Wildman–Crippen LogP) is 3.46. The van der Waals surface area contributed by atoms with Crippen LogP contribution in [0.15, 0.2) is 48.8 Å². The molecule has 2 heterocycles. The normalized spacial score (nSPS) is 13.7. The van der Waals surface area contributed by atoms with Crippen molar-refractivity contribution in [1.29, 1.82) is 5.26 Å². The number of carbonyl (C=O) groups is 1. The van der Waals surface area contributed by atoms with E-state index in [1.165, 1.54) is 6.33 Å². The number of ether oxygens (including phenoxy) is 2. The van der Waals surface area contributed by atoms with Crippen molar-refractivity contribution < 1.29 is 14.3 Å². The Hall–Kier alpha value is -4.19. The van der Waals surface area contributed by atoms with E-state index in [1.54, 1.807) is 37.4 Å². The van der Waals surface area contributed by atoms with Gasteiger partial charge >= 0.3 is 0 Å². The van der Waals surface area contributed by atoms with Crippen LogP contribution in [0.5, 0.6) is 11.5 Å². The van der Waals surface area contributed by atoms with Gasteiger partial charge in [-0.25, -0.2) is 9.97 Å². The van der Waals surface area contributed by atoms with Crippen molar-refractivity contribution >= 4 is 11.9 Å². The number of benzene rings is 2. The standard InChI is InChI=1S/C26H28N6O3/c1-3-35-23-13-21(12-22(14-23)34-2)25(33)28-16-18-7-9-32(10-8-18)26-30-17-29-24(31-26)20-6-4-5-19(11-20)15-27/h4-6,11-14,17-18H,3,7-10,16H2,1-2H3,(H,28,33). The predicted molar refractivity (Wildman–Crippen MR) is 131 cm³/mol. The number of nitriles is 1. The molecule has 35 heavy (non-hydrogen) atoms. The molecule has 1 N–H and O–H groups in total. The number of carbonyl (C=O) groups excluding carboxylic acids is 1. The maximum absolute atomic E-state index is 12.7. The van der Waals surface area contributed by atoms with Crippen LogP contribution < -0.4 is 19.7 Å². The van der Waals surface area contributed by atoms with Gasteiger partial charge in [0, 0.05) is 36.8 Å². The molecule has 9 heteroatoms. The quantitative estimate of drug-likeness (QED) is 0.530. The molecule has 9 nitrogen and oxygen atoms in total. The van der Waals surface area contributed by atoms with Crippen LogP contribution in [0, 0.1) is 17.2 Å². The number of piperidine rings is 1. The lowest BCUT2D eigenvalue weighted by Crippen LogP contribution is -2.39. The van der Waals surface area contributed by atoms with Crippen LogP contribution in [0.1, 0.15) is 35.7 Å². The fourth-order valence-corrected chi connectivity index (χ4v) is 4.05. The van der Waals surface area contributed by atoms with E-state index < -0.39 is 0 Å². The smallest absolute Gasteiger partial charge is 0.251 e. The van der Waals surface area contributed by atoms with Gasteiger partial charge in [-0.05, 0) is 49.9 Å². The summed E-state index contributed by atoms with van der Waals surface area (Å²) in [5.74, 6) is 2.59. The lowest BCUT2D eigenvalue weighted by atomic mass is 9.97. The molecule has 0 saturated carbocycles. The molecule has 0 aliphatic carbocycles. The Kier molecular flexibility index (Phi) is 7.73. The summed E-state index contributed by atoms with van der Waals surface area (Å²) in [6, 6.07) is 14.6. The second kappa shape index (κ2) is 11.3. The van der Waals surface area contributed by atoms with Gasteiger partial charge in [-0.3, -0.25) is 4.79 Å². The van der Waals surface area contributed by atoms with Crippen LogP contribution in [0.2, 0.25) is 0 Å². The minimum absolute atomic E-state index is 0.144. The first-order valence-corrected chi connectivity index (χ1v) is 11.6. The average molecular weight is 473 g/mol. The van der Waals surface area contributed by atoms with Crippen molar-refractivity contribution in [2.24, 2.45) is 5.92 Å². The fourth-order valence-electron chi connectivity index (χ4n) is 4.05. The van der Waals surface area contributed by atoms with E-state index >= 15 is 0 Å². The van der Waals surface area contributed by atoms with E-state index in [0.29, 0.717) is 53.5 Å². The highest BCUT2D eigenvalue weighted by atomic mass is 16.5. The molecule has 1 saturated heterocycles. The number of rotatable bonds is 8. The Morgan fingerprint density at radius 1 is 1.17 bits per heavy atom. The van der Waals surface area contributed by atoms with Crippen LogP contribution >= 0.6 is 0 Å². The summed E-state index contributed by atoms with van der Waals surface area (Å²) >= 11 is 0. The average Bonchev–Trinajstić information content (AvgIpc) is 2.92. The van der Waals surface area contributed by atoms with Gasteiger partial charge in [0.25, 0.3) is 5.91 Å². The zero-order valence-electron chi connectivity index (χ0n) is 19.9. The monoisotopic (exact) mass is 472 g/mol. The summed E-state index contributed by atoms with van der Waals surface area (Å²) in [6.07, 6.45) is 3.33. The maximum Gasteiger partial charge on any atom is 0.251 e. The molecule has 1 aliphatic heterocycles. The molecule has 1 amide bonds. The summed E-state index contributed by atoms with van der Waals surface area (Å²) in [5, 5.41) is 12.2. The molecule has 0 bridgehead atoms. The molecule has 0 unspecified atom stereocenters. The van der Waals surface area contributed by atoms with E-state index in [1.807, 2.05) is 19.1 Å². The molecule has 4 rings (SSSR count). The van der Waals surface area contributed by atoms with Crippen LogP contribution in [0.3, 0.4) is 0 Å². The van der Waals surface area contributed by atoms with Crippen LogP contribution in [0.4, 0.5) is 5.95 Å². The highest BCUT2D eigenvalue weighted by Crippen LogP contribution is 2.24. The topological polar surface area (TPSA) is 113 Å². The first kappa shape index (κ1) is 24.0. The summed E-state index contributed by atoms with van der Waals surface area (Å²) in [4.78, 5) is 28.1. The minimum atomic E-state index is -0.144. The van der Waals surface area contributed by atoms with Crippen molar-refractivity contribution in [2.45, 2.75) is 19.8 Å². The van der Waals surface area contributed by atoms with Crippen LogP contribution in [-0.4, -0.2) is 54.2 Å². The van der Waals surface area contributed by atoms with Crippen molar-refractivity contribution in [3.8, 4) is 29.0 Å². The molecule has 3 aromatic rings. The molecule has 0 radical (unpaired) electrons. The first-order valence-electron chi connectivity index (χ1n) is 11.6. The Labute approximate surface area is 204 Å². The van der Waals surface area contributed by atoms with Crippen molar-refractivity contribution in [1.82, 2.24) is 20.3 Å². The van der Waals surface area contributed by atoms with E-state index in [2.05, 4.69) is 31.2 Å². The third-order valence-corrected chi connectivity index (χ3v) is 5.95. The zero-order valence-corrected chi connectivity index (χ0v) is 19.9. The Balaban J connectivity index is 1.33. The molecule has 0 spiro atoms. The minimum Gasteiger partial charge on any atom is -0.497 e. The summed E-state index contributed by atoms with van der Waals surface area (Å²) < 4.78 is 10.8. The summed E-state index contributed by atoms with van der Waals surface area (Å²) in [7, 11) is 1.57. The highest BCUT2D eigenvalue weighted by molar-refractivity contribution is 5.95. The molecule has 1 fully saturated rings. The number of anilines is 1. The number of nitrogens with one attached hydrogen (secondary N) is 1. The SMILES string of the molecule is CCOc1cc(OC)cc(C(=O)NCC2CCN(c3ncnc(-c4cccc(C#N)c4)n3)CC2)c1. The van der Waals surface area contributed by atoms with Gasteiger partial charge in [-0.15, -0.1) is 0 Å². The van der Waals surface area contributed by atoms with E-state index in [4.69, 9.17) is 14.7 Å². The number of hydrogen-bond donors (Lipinski definition) is 1. The molecule has 2 aromatic carbocycles. The third kappa shape index (κ3) is 6.03. The fraction of sp³-hybridized carbons (Fsp3) is 0.346. The van der Waals surface area contributed by atoms with Gasteiger partial charge in [0.1, 0.15) is 17.8 Å². The number of aromatic nitrogens is 3. The third-order valence-electron chi connectivity index (χ3n) is 5.95. The van der Waals surface area contributed by atoms with Crippen LogP contribution in [-0.2, 0) is 0 Å². The molecule has 1 aliphatic rings. The van der Waals surface area contributed by atoms with E-state index in [9.17, 15) is 4.79 Å². The van der Waals surface area contributed by atoms with Crippen molar-refractivity contribution in [2.75, 3.05) is 38.3 Å². The largest absolute Gasteiger partial charge is 0.497 e. The lowest BCUT2D eigenvalue weighted by molar-refractivity contribution is 0.0944. The number of nitrogens with zero attached hydrogens (tertiary/aromatic N) is 5. The van der Waals surface area contributed by atoms with Crippen molar-refractivity contribution in [3.05, 3.63) is 59.9 Å². The van der Waals surface area contributed by atoms with Gasteiger partial charge in [0.15, 0.2) is 5.82 Å². The Bertz CT molecular complexity index is 1220. The summed E-state index contributed by atoms with van der Waals surface area (Å²) in [5.41, 5.74) is 1.87. The number of amides is 1. The number of hydrogen-bond acceptors (Lipinski definition) is 8. The molecule has 0 atom stereocenters. The summed E-state index contributed by atoms with van der Waals surface area (Å²) in [6.45, 7) is 4.58. The van der Waals surface area contributed by atoms with Crippen LogP contribution in [0.25, 0.3) is 11.4 Å². The zero-order chi connectivity index (χ0) is 24.6. The Morgan fingerprint density at radius 2 is 1.97 bits per heavy atom. The highest BCUT2D eigenvalue weighted by Gasteiger charge is 2.22. The van der Waals surface area contributed by atoms with Gasteiger partial charge in [0.2, 0.25) is 5.95 Å². The Morgan fingerprint density at radius 3 is 2.71 bits per heavy atom. The molecular weight excluding hydrogens is 444 g/mol. The van der Waals surface area contributed by atoms with Gasteiger partial charge in [0.05, 0.1) is 25.3 Å². The molecule has 180 valence electrons. The first-order chi connectivity index (χ1) is 17.1. The van der Waals surface area contributed by atoms with E-state index in [0.717, 1.165) is 31.5 Å². The maximum atomic E-state index is 12.7. The van der Waals surface area contributed by atoms with E-state index in [-0.39, 0.29) is 5.91 Å². The lowest BCUT2D eigenvalue weighted by Gasteiger charge is -2.32. The second-order valence-electron chi connectivity index (χ2n) is 8.27. The number of methoxy groups -OCH3 is 1. The molecular formula is C26H28N6O3. The van der Waals surface area contributed by atoms with Gasteiger partial charge in [-0.2, -0.15) is 10.2 Å². The molecule has 1 aromatic heterocycles. The van der Waals surface area contributed by atoms with Gasteiger partial charge < -0.3 is 19.7 Å². The van der Waals surface area contributed by atoms with Gasteiger partial charge in [-0.1, -0.05) is 12.1 Å².